The van der Waals surface area contributed by atoms with Crippen molar-refractivity contribution in [3.63, 3.8) is 0 Å². The van der Waals surface area contributed by atoms with Crippen LogP contribution in [-0.2, 0) is 18.5 Å². The van der Waals surface area contributed by atoms with Crippen molar-refractivity contribution in [1.29, 1.82) is 0 Å². The van der Waals surface area contributed by atoms with E-state index in [0.29, 0.717) is 30.2 Å². The zero-order valence-electron chi connectivity index (χ0n) is 17.8. The monoisotopic (exact) mass is 435 g/mol. The average molecular weight is 436 g/mol. The van der Waals surface area contributed by atoms with Crippen molar-refractivity contribution >= 4 is 33.6 Å². The van der Waals surface area contributed by atoms with Gasteiger partial charge in [-0.3, -0.25) is 9.36 Å². The number of imidazole rings is 1. The van der Waals surface area contributed by atoms with E-state index >= 15 is 0 Å². The minimum atomic E-state index is -0.247. The number of thiazole rings is 1. The van der Waals surface area contributed by atoms with Gasteiger partial charge in [-0.1, -0.05) is 45.0 Å². The molecule has 0 unspecified atom stereocenters. The molecule has 0 aliphatic carbocycles. The lowest BCUT2D eigenvalue weighted by molar-refractivity contribution is 0.590. The van der Waals surface area contributed by atoms with E-state index in [1.54, 1.807) is 17.7 Å². The lowest BCUT2D eigenvalue weighted by Crippen LogP contribution is -2.17. The first kappa shape index (κ1) is 19.7. The first-order chi connectivity index (χ1) is 14.9. The minimum absolute atomic E-state index is 0.138. The van der Waals surface area contributed by atoms with E-state index in [2.05, 4.69) is 71.0 Å². The predicted molar refractivity (Wildman–Crippen MR) is 125 cm³/mol. The average Bonchev–Trinajstić information content (AvgIpc) is 3.47. The van der Waals surface area contributed by atoms with Gasteiger partial charge in [0.15, 0.2) is 16.3 Å². The Morgan fingerprint density at radius 3 is 2.77 bits per heavy atom. The Kier molecular flexibility index (Phi) is 4.77. The highest BCUT2D eigenvalue weighted by molar-refractivity contribution is 7.14. The molecule has 3 aromatic heterocycles. The van der Waals surface area contributed by atoms with Crippen molar-refractivity contribution in [2.45, 2.75) is 39.3 Å². The smallest absolute Gasteiger partial charge is 0.300 e. The number of hydrogen-bond acceptors (Lipinski definition) is 7. The largest absolute Gasteiger partial charge is 0.360 e. The number of aromatic nitrogens is 5. The van der Waals surface area contributed by atoms with Crippen molar-refractivity contribution in [3.8, 4) is 11.3 Å². The molecule has 1 aliphatic heterocycles. The van der Waals surface area contributed by atoms with Gasteiger partial charge in [-0.2, -0.15) is 4.98 Å². The minimum Gasteiger partial charge on any atom is -0.360 e. The molecule has 0 radical (unpaired) electrons. The summed E-state index contributed by atoms with van der Waals surface area (Å²) < 4.78 is 3.82. The van der Waals surface area contributed by atoms with Crippen LogP contribution >= 0.6 is 11.3 Å². The maximum Gasteiger partial charge on any atom is 0.300 e. The van der Waals surface area contributed by atoms with Crippen molar-refractivity contribution in [1.82, 2.24) is 24.1 Å². The van der Waals surface area contributed by atoms with Crippen LogP contribution in [-0.4, -0.2) is 37.2 Å². The second-order valence-corrected chi connectivity index (χ2v) is 9.58. The van der Waals surface area contributed by atoms with E-state index in [-0.39, 0.29) is 11.0 Å². The number of rotatable bonds is 5. The molecular formula is C22H25N7OS. The molecule has 2 N–H and O–H groups in total. The van der Waals surface area contributed by atoms with Gasteiger partial charge in [-0.05, 0) is 11.0 Å². The molecule has 1 aromatic carbocycles. The van der Waals surface area contributed by atoms with Crippen LogP contribution < -0.4 is 16.2 Å². The Bertz CT molecular complexity index is 1290. The summed E-state index contributed by atoms with van der Waals surface area (Å²) in [5.41, 5.74) is 4.52. The van der Waals surface area contributed by atoms with Crippen molar-refractivity contribution < 1.29 is 0 Å². The Balaban J connectivity index is 1.27. The maximum atomic E-state index is 12.4. The summed E-state index contributed by atoms with van der Waals surface area (Å²) >= 11 is 1.58. The molecule has 4 heterocycles. The number of benzene rings is 1. The summed E-state index contributed by atoms with van der Waals surface area (Å²) in [6.07, 6.45) is 1.71. The molecule has 1 aliphatic rings. The molecule has 0 fully saturated rings. The third-order valence-corrected chi connectivity index (χ3v) is 6.34. The van der Waals surface area contributed by atoms with E-state index in [9.17, 15) is 4.79 Å². The molecule has 0 atom stereocenters. The Hall–Kier alpha value is -3.20. The van der Waals surface area contributed by atoms with Crippen molar-refractivity contribution in [2.24, 2.45) is 0 Å². The van der Waals surface area contributed by atoms with Gasteiger partial charge >= 0.3 is 5.56 Å². The van der Waals surface area contributed by atoms with Crippen LogP contribution in [0.25, 0.3) is 22.4 Å². The molecule has 5 rings (SSSR count). The molecule has 31 heavy (non-hydrogen) atoms. The van der Waals surface area contributed by atoms with Gasteiger partial charge < -0.3 is 15.2 Å². The first-order valence-electron chi connectivity index (χ1n) is 10.4. The highest BCUT2D eigenvalue weighted by atomic mass is 32.1. The first-order valence-corrected chi connectivity index (χ1v) is 11.3. The van der Waals surface area contributed by atoms with Crippen LogP contribution in [0.15, 0.2) is 40.8 Å². The highest BCUT2D eigenvalue weighted by Gasteiger charge is 2.19. The van der Waals surface area contributed by atoms with Gasteiger partial charge in [0.05, 0.1) is 12.0 Å². The Morgan fingerprint density at radius 2 is 2.00 bits per heavy atom. The van der Waals surface area contributed by atoms with Crippen LogP contribution in [0.3, 0.4) is 0 Å². The lowest BCUT2D eigenvalue weighted by atomic mass is 9.86. The second-order valence-electron chi connectivity index (χ2n) is 8.72. The molecule has 0 saturated carbocycles. The summed E-state index contributed by atoms with van der Waals surface area (Å²) in [5, 5.41) is 9.40. The summed E-state index contributed by atoms with van der Waals surface area (Å²) in [4.78, 5) is 25.8. The fraction of sp³-hybridized carbons (Fsp3) is 0.364. The fourth-order valence-corrected chi connectivity index (χ4v) is 4.55. The predicted octanol–water partition coefficient (Wildman–Crippen LogP) is 3.55. The van der Waals surface area contributed by atoms with Crippen LogP contribution in [0.1, 0.15) is 26.3 Å². The molecule has 9 heteroatoms. The molecule has 160 valence electrons. The molecular weight excluding hydrogens is 410 g/mol. The van der Waals surface area contributed by atoms with Gasteiger partial charge in [0.25, 0.3) is 0 Å². The Morgan fingerprint density at radius 1 is 1.19 bits per heavy atom. The number of fused-ring (bicyclic) bond motifs is 3. The zero-order chi connectivity index (χ0) is 21.6. The Labute approximate surface area is 184 Å². The van der Waals surface area contributed by atoms with Gasteiger partial charge in [-0.25, -0.2) is 9.97 Å². The van der Waals surface area contributed by atoms with E-state index in [1.165, 1.54) is 5.56 Å². The van der Waals surface area contributed by atoms with E-state index in [4.69, 9.17) is 4.98 Å². The van der Waals surface area contributed by atoms with Gasteiger partial charge in [0, 0.05) is 37.1 Å². The molecule has 4 aromatic rings. The normalized spacial score (nSPS) is 13.4. The summed E-state index contributed by atoms with van der Waals surface area (Å²) in [7, 11) is 0. The van der Waals surface area contributed by atoms with Gasteiger partial charge in [0.2, 0.25) is 5.95 Å². The van der Waals surface area contributed by atoms with Crippen LogP contribution in [0.2, 0.25) is 0 Å². The third-order valence-electron chi connectivity index (χ3n) is 5.54. The van der Waals surface area contributed by atoms with Crippen molar-refractivity contribution in [3.05, 3.63) is 51.9 Å². The third kappa shape index (κ3) is 3.69. The number of hydrogen-bond donors (Lipinski definition) is 2. The maximum absolute atomic E-state index is 12.4. The molecule has 0 spiro atoms. The standard InChI is InChI=1S/C22H25N7OS/c1-22(2,3)15-6-4-14(5-7-15)16-12-31-21(26-16)24-8-10-28-13-25-18-17(28)19(30)27-20-23-9-11-29(18)20/h4-7,12-13H,8-11H2,1-3H3,(H,24,26)(H,23,27,30). The van der Waals surface area contributed by atoms with E-state index in [1.807, 2.05) is 9.13 Å². The van der Waals surface area contributed by atoms with Crippen LogP contribution in [0, 0.1) is 0 Å². The molecule has 8 nitrogen and oxygen atoms in total. The number of nitrogens with one attached hydrogen (secondary N) is 2. The van der Waals surface area contributed by atoms with Gasteiger partial charge in [-0.15, -0.1) is 11.3 Å². The van der Waals surface area contributed by atoms with Crippen LogP contribution in [0.4, 0.5) is 11.1 Å². The van der Waals surface area contributed by atoms with Crippen molar-refractivity contribution in [2.75, 3.05) is 23.7 Å². The molecule has 0 bridgehead atoms. The van der Waals surface area contributed by atoms with E-state index < -0.39 is 0 Å². The molecule has 0 amide bonds. The highest BCUT2D eigenvalue weighted by Crippen LogP contribution is 2.28. The quantitative estimate of drug-likeness (QED) is 0.498. The lowest BCUT2D eigenvalue weighted by Gasteiger charge is -2.18. The number of nitrogens with zero attached hydrogens (tertiary/aromatic N) is 5. The second kappa shape index (κ2) is 7.49. The SMILES string of the molecule is CC(C)(C)c1ccc(-c2csc(NCCn3cnc4c3c(=O)nc3n4CCN3)n2)cc1. The fourth-order valence-electron chi connectivity index (χ4n) is 3.81. The zero-order valence-corrected chi connectivity index (χ0v) is 18.7. The summed E-state index contributed by atoms with van der Waals surface area (Å²) in [6.45, 7) is 9.43. The van der Waals surface area contributed by atoms with E-state index in [0.717, 1.165) is 29.5 Å². The summed E-state index contributed by atoms with van der Waals surface area (Å²) in [5.74, 6) is 0.603. The number of anilines is 2. The summed E-state index contributed by atoms with van der Waals surface area (Å²) in [6, 6.07) is 8.60. The topological polar surface area (TPSA) is 89.7 Å². The van der Waals surface area contributed by atoms with Gasteiger partial charge in [0.1, 0.15) is 0 Å². The molecule has 0 saturated heterocycles. The van der Waals surface area contributed by atoms with Crippen LogP contribution in [0.5, 0.6) is 0 Å².